The largest absolute Gasteiger partial charge is 0.493 e. The predicted molar refractivity (Wildman–Crippen MR) is 75.3 cm³/mol. The van der Waals surface area contributed by atoms with E-state index in [4.69, 9.17) is 22.1 Å². The van der Waals surface area contributed by atoms with Crippen LogP contribution < -0.4 is 10.5 Å². The van der Waals surface area contributed by atoms with Gasteiger partial charge in [0.15, 0.2) is 0 Å². The lowest BCUT2D eigenvalue weighted by Crippen LogP contribution is -2.20. The fraction of sp³-hybridized carbons (Fsp3) is 0.571. The summed E-state index contributed by atoms with van der Waals surface area (Å²) in [7, 11) is 0. The van der Waals surface area contributed by atoms with Crippen molar-refractivity contribution in [3.05, 3.63) is 28.3 Å². The fourth-order valence-electron chi connectivity index (χ4n) is 1.74. The monoisotopic (exact) mass is 271 g/mol. The topological polar surface area (TPSA) is 55.5 Å². The van der Waals surface area contributed by atoms with Crippen molar-refractivity contribution in [2.24, 2.45) is 11.7 Å². The van der Waals surface area contributed by atoms with Gasteiger partial charge in [-0.2, -0.15) is 0 Å². The molecule has 1 aromatic carbocycles. The lowest BCUT2D eigenvalue weighted by atomic mass is 9.98. The van der Waals surface area contributed by atoms with Crippen molar-refractivity contribution in [1.29, 1.82) is 0 Å². The van der Waals surface area contributed by atoms with E-state index in [-0.39, 0.29) is 12.5 Å². The standard InChI is InChI=1S/C14H22ClNO2/c1-3-4-18-14-5-10(2)13(15)7-12(14)6-11(8-16)9-17/h5,7,11,17H,3-4,6,8-9,16H2,1-2H3. The quantitative estimate of drug-likeness (QED) is 0.801. The van der Waals surface area contributed by atoms with E-state index in [1.807, 2.05) is 19.1 Å². The molecule has 4 heteroatoms. The SMILES string of the molecule is CCCOc1cc(C)c(Cl)cc1CC(CN)CO. The minimum atomic E-state index is 0.0488. The zero-order valence-electron chi connectivity index (χ0n) is 11.1. The van der Waals surface area contributed by atoms with Gasteiger partial charge in [0.1, 0.15) is 5.75 Å². The minimum Gasteiger partial charge on any atom is -0.493 e. The highest BCUT2D eigenvalue weighted by Gasteiger charge is 2.13. The number of aryl methyl sites for hydroxylation is 1. The molecule has 1 aromatic rings. The Morgan fingerprint density at radius 2 is 2.17 bits per heavy atom. The third kappa shape index (κ3) is 4.16. The second-order valence-electron chi connectivity index (χ2n) is 4.55. The van der Waals surface area contributed by atoms with Crippen LogP contribution in [0.3, 0.4) is 0 Å². The van der Waals surface area contributed by atoms with E-state index in [0.29, 0.717) is 19.6 Å². The molecule has 0 saturated heterocycles. The third-order valence-corrected chi connectivity index (χ3v) is 3.31. The van der Waals surface area contributed by atoms with Crippen molar-refractivity contribution in [2.75, 3.05) is 19.8 Å². The van der Waals surface area contributed by atoms with E-state index in [0.717, 1.165) is 28.3 Å². The summed E-state index contributed by atoms with van der Waals surface area (Å²) in [6.45, 7) is 5.24. The Labute approximate surface area is 114 Å². The smallest absolute Gasteiger partial charge is 0.122 e. The highest BCUT2D eigenvalue weighted by molar-refractivity contribution is 6.31. The van der Waals surface area contributed by atoms with E-state index in [9.17, 15) is 5.11 Å². The molecular weight excluding hydrogens is 250 g/mol. The molecule has 3 N–H and O–H groups in total. The van der Waals surface area contributed by atoms with Crippen LogP contribution in [0, 0.1) is 12.8 Å². The van der Waals surface area contributed by atoms with Gasteiger partial charge in [0.2, 0.25) is 0 Å². The highest BCUT2D eigenvalue weighted by atomic mass is 35.5. The van der Waals surface area contributed by atoms with Gasteiger partial charge < -0.3 is 15.6 Å². The van der Waals surface area contributed by atoms with Gasteiger partial charge in [-0.3, -0.25) is 0 Å². The van der Waals surface area contributed by atoms with Gasteiger partial charge in [-0.15, -0.1) is 0 Å². The van der Waals surface area contributed by atoms with Crippen molar-refractivity contribution in [1.82, 2.24) is 0 Å². The average molecular weight is 272 g/mol. The Morgan fingerprint density at radius 3 is 2.72 bits per heavy atom. The van der Waals surface area contributed by atoms with Crippen LogP contribution in [0.1, 0.15) is 24.5 Å². The summed E-state index contributed by atoms with van der Waals surface area (Å²) in [5.41, 5.74) is 7.63. The Balaban J connectivity index is 2.95. The second-order valence-corrected chi connectivity index (χ2v) is 4.95. The number of hydrogen-bond donors (Lipinski definition) is 2. The van der Waals surface area contributed by atoms with E-state index in [1.165, 1.54) is 0 Å². The van der Waals surface area contributed by atoms with Gasteiger partial charge >= 0.3 is 0 Å². The Hall–Kier alpha value is -0.770. The van der Waals surface area contributed by atoms with Gasteiger partial charge in [-0.25, -0.2) is 0 Å². The molecule has 0 aliphatic heterocycles. The Morgan fingerprint density at radius 1 is 1.44 bits per heavy atom. The lowest BCUT2D eigenvalue weighted by Gasteiger charge is -2.17. The normalized spacial score (nSPS) is 12.5. The van der Waals surface area contributed by atoms with Crippen LogP contribution in [0.25, 0.3) is 0 Å². The summed E-state index contributed by atoms with van der Waals surface area (Å²) >= 11 is 6.14. The summed E-state index contributed by atoms with van der Waals surface area (Å²) in [6.07, 6.45) is 1.65. The molecule has 3 nitrogen and oxygen atoms in total. The van der Waals surface area contributed by atoms with E-state index in [1.54, 1.807) is 0 Å². The zero-order chi connectivity index (χ0) is 13.5. The Kier molecular flexibility index (Phi) is 6.47. The molecule has 1 atom stereocenters. The lowest BCUT2D eigenvalue weighted by molar-refractivity contribution is 0.228. The predicted octanol–water partition coefficient (Wildman–Crippen LogP) is 2.55. The molecule has 1 unspecified atom stereocenters. The van der Waals surface area contributed by atoms with Gasteiger partial charge in [0.05, 0.1) is 6.61 Å². The maximum atomic E-state index is 9.22. The minimum absolute atomic E-state index is 0.0488. The van der Waals surface area contributed by atoms with Crippen LogP contribution in [0.15, 0.2) is 12.1 Å². The number of aliphatic hydroxyl groups excluding tert-OH is 1. The number of benzene rings is 1. The molecule has 0 fully saturated rings. The van der Waals surface area contributed by atoms with E-state index in [2.05, 4.69) is 6.92 Å². The fourth-order valence-corrected chi connectivity index (χ4v) is 1.92. The first kappa shape index (κ1) is 15.3. The number of aliphatic hydroxyl groups is 1. The summed E-state index contributed by atoms with van der Waals surface area (Å²) in [4.78, 5) is 0. The molecule has 18 heavy (non-hydrogen) atoms. The molecule has 0 amide bonds. The second kappa shape index (κ2) is 7.62. The van der Waals surface area contributed by atoms with Crippen LogP contribution in [0.4, 0.5) is 0 Å². The summed E-state index contributed by atoms with van der Waals surface area (Å²) in [5.74, 6) is 0.901. The zero-order valence-corrected chi connectivity index (χ0v) is 11.8. The van der Waals surface area contributed by atoms with Gasteiger partial charge in [-0.1, -0.05) is 18.5 Å². The molecule has 102 valence electrons. The van der Waals surface area contributed by atoms with Gasteiger partial charge in [0.25, 0.3) is 0 Å². The number of rotatable bonds is 7. The summed E-state index contributed by atoms with van der Waals surface area (Å²) in [6, 6.07) is 3.87. The van der Waals surface area contributed by atoms with Crippen LogP contribution in [-0.4, -0.2) is 24.9 Å². The van der Waals surface area contributed by atoms with Crippen molar-refractivity contribution in [3.63, 3.8) is 0 Å². The molecule has 0 heterocycles. The van der Waals surface area contributed by atoms with E-state index >= 15 is 0 Å². The molecular formula is C14H22ClNO2. The van der Waals surface area contributed by atoms with Crippen molar-refractivity contribution >= 4 is 11.6 Å². The van der Waals surface area contributed by atoms with Crippen LogP contribution in [-0.2, 0) is 6.42 Å². The number of hydrogen-bond acceptors (Lipinski definition) is 3. The van der Waals surface area contributed by atoms with Gasteiger partial charge in [-0.05, 0) is 55.5 Å². The van der Waals surface area contributed by atoms with Crippen LogP contribution >= 0.6 is 11.6 Å². The number of nitrogens with two attached hydrogens (primary N) is 1. The molecule has 0 bridgehead atoms. The maximum Gasteiger partial charge on any atom is 0.122 e. The molecule has 0 aliphatic carbocycles. The number of ether oxygens (including phenoxy) is 1. The van der Waals surface area contributed by atoms with Crippen molar-refractivity contribution < 1.29 is 9.84 Å². The first-order valence-electron chi connectivity index (χ1n) is 6.35. The first-order valence-corrected chi connectivity index (χ1v) is 6.72. The van der Waals surface area contributed by atoms with Crippen molar-refractivity contribution in [2.45, 2.75) is 26.7 Å². The van der Waals surface area contributed by atoms with Crippen LogP contribution in [0.5, 0.6) is 5.75 Å². The number of halogens is 1. The summed E-state index contributed by atoms with van der Waals surface area (Å²) in [5, 5.41) is 9.95. The Bertz CT molecular complexity index is 378. The first-order chi connectivity index (χ1) is 8.62. The maximum absolute atomic E-state index is 9.22. The van der Waals surface area contributed by atoms with Crippen molar-refractivity contribution in [3.8, 4) is 5.75 Å². The molecule has 0 spiro atoms. The average Bonchev–Trinajstić information content (AvgIpc) is 2.37. The third-order valence-electron chi connectivity index (χ3n) is 2.90. The molecule has 0 saturated carbocycles. The highest BCUT2D eigenvalue weighted by Crippen LogP contribution is 2.28. The molecule has 1 rings (SSSR count). The molecule has 0 radical (unpaired) electrons. The molecule has 0 aromatic heterocycles. The molecule has 0 aliphatic rings. The van der Waals surface area contributed by atoms with E-state index < -0.39 is 0 Å². The van der Waals surface area contributed by atoms with Crippen LogP contribution in [0.2, 0.25) is 5.02 Å². The van der Waals surface area contributed by atoms with Gasteiger partial charge in [0, 0.05) is 11.6 Å². The summed E-state index contributed by atoms with van der Waals surface area (Å²) < 4.78 is 5.73.